The van der Waals surface area contributed by atoms with Crippen LogP contribution in [0.1, 0.15) is 47.5 Å². The Bertz CT molecular complexity index is 525. The first-order chi connectivity index (χ1) is 9.54. The first-order valence-electron chi connectivity index (χ1n) is 6.81. The number of thiophene rings is 1. The zero-order valence-corrected chi connectivity index (χ0v) is 14.0. The molecule has 1 aliphatic carbocycles. The number of hydrogen-bond donors (Lipinski definition) is 1. The molecule has 0 saturated carbocycles. The second kappa shape index (κ2) is 6.72. The molecule has 1 aliphatic rings. The molecular weight excluding hydrogens is 342 g/mol. The molecule has 1 heterocycles. The number of nitrogens with one attached hydrogen (secondary N) is 1. The quantitative estimate of drug-likeness (QED) is 0.660. The zero-order valence-electron chi connectivity index (χ0n) is 11.6. The van der Waals surface area contributed by atoms with E-state index in [1.807, 2.05) is 0 Å². The maximum atomic E-state index is 12.2. The lowest BCUT2D eigenvalue weighted by Gasteiger charge is -2.12. The number of amides is 1. The zero-order chi connectivity index (χ0) is 14.7. The predicted molar refractivity (Wildman–Crippen MR) is 83.9 cm³/mol. The van der Waals surface area contributed by atoms with Gasteiger partial charge in [-0.05, 0) is 45.1 Å². The molecule has 0 spiro atoms. The van der Waals surface area contributed by atoms with Crippen LogP contribution < -0.4 is 5.32 Å². The van der Waals surface area contributed by atoms with E-state index in [9.17, 15) is 9.59 Å². The SMILES string of the molecule is CCOC(=O)c1c(NC(=O)C(C)Br)sc2c1CCCC2. The lowest BCUT2D eigenvalue weighted by molar-refractivity contribution is -0.115. The molecule has 20 heavy (non-hydrogen) atoms. The topological polar surface area (TPSA) is 55.4 Å². The Labute approximate surface area is 131 Å². The Balaban J connectivity index is 2.36. The minimum Gasteiger partial charge on any atom is -0.462 e. The van der Waals surface area contributed by atoms with Gasteiger partial charge in [0, 0.05) is 4.88 Å². The fourth-order valence-electron chi connectivity index (χ4n) is 2.28. The van der Waals surface area contributed by atoms with Crippen LogP contribution in [0.2, 0.25) is 0 Å². The van der Waals surface area contributed by atoms with Crippen LogP contribution in [0.15, 0.2) is 0 Å². The summed E-state index contributed by atoms with van der Waals surface area (Å²) in [5.41, 5.74) is 1.63. The van der Waals surface area contributed by atoms with Crippen LogP contribution in [-0.2, 0) is 22.4 Å². The molecule has 0 aromatic carbocycles. The fourth-order valence-corrected chi connectivity index (χ4v) is 3.68. The highest BCUT2D eigenvalue weighted by atomic mass is 79.9. The van der Waals surface area contributed by atoms with Gasteiger partial charge in [-0.1, -0.05) is 15.9 Å². The Hall–Kier alpha value is -0.880. The smallest absolute Gasteiger partial charge is 0.341 e. The van der Waals surface area contributed by atoms with Gasteiger partial charge in [0.25, 0.3) is 0 Å². The average molecular weight is 360 g/mol. The summed E-state index contributed by atoms with van der Waals surface area (Å²) in [4.78, 5) is 24.9. The third kappa shape index (κ3) is 3.23. The number of fused-ring (bicyclic) bond motifs is 1. The van der Waals surface area contributed by atoms with Gasteiger partial charge >= 0.3 is 5.97 Å². The Morgan fingerprint density at radius 3 is 2.75 bits per heavy atom. The number of halogens is 1. The molecule has 1 aromatic rings. The van der Waals surface area contributed by atoms with Crippen LogP contribution in [0, 0.1) is 0 Å². The first-order valence-corrected chi connectivity index (χ1v) is 8.54. The van der Waals surface area contributed by atoms with Crippen LogP contribution in [0.4, 0.5) is 5.00 Å². The molecule has 0 aliphatic heterocycles. The van der Waals surface area contributed by atoms with Gasteiger partial charge in [-0.3, -0.25) is 4.79 Å². The summed E-state index contributed by atoms with van der Waals surface area (Å²) in [6.07, 6.45) is 4.09. The third-order valence-electron chi connectivity index (χ3n) is 3.25. The largest absolute Gasteiger partial charge is 0.462 e. The second-order valence-electron chi connectivity index (χ2n) is 4.74. The predicted octanol–water partition coefficient (Wildman–Crippen LogP) is 3.53. The van der Waals surface area contributed by atoms with E-state index in [0.717, 1.165) is 31.2 Å². The maximum absolute atomic E-state index is 12.2. The highest BCUT2D eigenvalue weighted by Crippen LogP contribution is 2.38. The van der Waals surface area contributed by atoms with Crippen LogP contribution in [0.5, 0.6) is 0 Å². The van der Waals surface area contributed by atoms with Crippen LogP contribution >= 0.6 is 27.3 Å². The summed E-state index contributed by atoms with van der Waals surface area (Å²) in [6, 6.07) is 0. The standard InChI is InChI=1S/C14H18BrNO3S/c1-3-19-14(18)11-9-6-4-5-7-10(9)20-13(11)16-12(17)8(2)15/h8H,3-7H2,1-2H3,(H,16,17). The summed E-state index contributed by atoms with van der Waals surface area (Å²) in [5.74, 6) is -0.474. The monoisotopic (exact) mass is 359 g/mol. The second-order valence-corrected chi connectivity index (χ2v) is 7.22. The minimum atomic E-state index is -0.329. The molecule has 110 valence electrons. The van der Waals surface area contributed by atoms with E-state index < -0.39 is 0 Å². The molecule has 0 radical (unpaired) electrons. The lowest BCUT2D eigenvalue weighted by atomic mass is 9.95. The van der Waals surface area contributed by atoms with E-state index in [1.165, 1.54) is 16.2 Å². The third-order valence-corrected chi connectivity index (χ3v) is 4.87. The molecule has 4 nitrogen and oxygen atoms in total. The number of carbonyl (C=O) groups excluding carboxylic acids is 2. The summed E-state index contributed by atoms with van der Waals surface area (Å²) >= 11 is 4.75. The fraction of sp³-hybridized carbons (Fsp3) is 0.571. The number of aryl methyl sites for hydroxylation is 1. The summed E-state index contributed by atoms with van der Waals surface area (Å²) in [7, 11) is 0. The molecule has 1 atom stereocenters. The lowest BCUT2D eigenvalue weighted by Crippen LogP contribution is -2.21. The molecular formula is C14H18BrNO3S. The van der Waals surface area contributed by atoms with Crippen molar-refractivity contribution < 1.29 is 14.3 Å². The van der Waals surface area contributed by atoms with Crippen LogP contribution in [0.3, 0.4) is 0 Å². The molecule has 1 N–H and O–H groups in total. The van der Waals surface area contributed by atoms with Gasteiger partial charge in [-0.2, -0.15) is 0 Å². The van der Waals surface area contributed by atoms with Gasteiger partial charge in [0.2, 0.25) is 5.91 Å². The molecule has 6 heteroatoms. The van der Waals surface area contributed by atoms with Crippen molar-refractivity contribution in [3.8, 4) is 0 Å². The summed E-state index contributed by atoms with van der Waals surface area (Å²) in [5, 5.41) is 3.47. The van der Waals surface area contributed by atoms with Crippen molar-refractivity contribution in [2.24, 2.45) is 0 Å². The van der Waals surface area contributed by atoms with Crippen LogP contribution in [-0.4, -0.2) is 23.3 Å². The number of hydrogen-bond acceptors (Lipinski definition) is 4. The molecule has 0 bridgehead atoms. The highest BCUT2D eigenvalue weighted by Gasteiger charge is 2.27. The van der Waals surface area contributed by atoms with Gasteiger partial charge in [0.05, 0.1) is 17.0 Å². The first kappa shape index (κ1) is 15.5. The van der Waals surface area contributed by atoms with E-state index in [0.29, 0.717) is 17.2 Å². The van der Waals surface area contributed by atoms with Crippen molar-refractivity contribution in [2.45, 2.75) is 44.4 Å². The number of rotatable bonds is 4. The van der Waals surface area contributed by atoms with Crippen molar-refractivity contribution in [2.75, 3.05) is 11.9 Å². The molecule has 1 aromatic heterocycles. The van der Waals surface area contributed by atoms with Gasteiger partial charge in [0.1, 0.15) is 5.00 Å². The van der Waals surface area contributed by atoms with Gasteiger partial charge < -0.3 is 10.1 Å². The summed E-state index contributed by atoms with van der Waals surface area (Å²) < 4.78 is 5.14. The minimum absolute atomic E-state index is 0.144. The highest BCUT2D eigenvalue weighted by molar-refractivity contribution is 9.10. The van der Waals surface area contributed by atoms with Gasteiger partial charge in [-0.25, -0.2) is 4.79 Å². The van der Waals surface area contributed by atoms with Crippen molar-refractivity contribution in [1.82, 2.24) is 0 Å². The number of ether oxygens (including phenoxy) is 1. The van der Waals surface area contributed by atoms with Gasteiger partial charge in [0.15, 0.2) is 0 Å². The molecule has 0 fully saturated rings. The number of esters is 1. The van der Waals surface area contributed by atoms with E-state index >= 15 is 0 Å². The van der Waals surface area contributed by atoms with Crippen molar-refractivity contribution in [1.29, 1.82) is 0 Å². The van der Waals surface area contributed by atoms with Crippen molar-refractivity contribution >= 4 is 44.1 Å². The summed E-state index contributed by atoms with van der Waals surface area (Å²) in [6.45, 7) is 3.88. The normalized spacial score (nSPS) is 15.3. The van der Waals surface area contributed by atoms with E-state index in [2.05, 4.69) is 21.2 Å². The Kier molecular flexibility index (Phi) is 5.21. The molecule has 2 rings (SSSR count). The number of alkyl halides is 1. The maximum Gasteiger partial charge on any atom is 0.341 e. The average Bonchev–Trinajstić information content (AvgIpc) is 2.76. The van der Waals surface area contributed by atoms with Crippen molar-refractivity contribution in [3.63, 3.8) is 0 Å². The van der Waals surface area contributed by atoms with Gasteiger partial charge in [-0.15, -0.1) is 11.3 Å². The van der Waals surface area contributed by atoms with Crippen LogP contribution in [0.25, 0.3) is 0 Å². The van der Waals surface area contributed by atoms with Crippen molar-refractivity contribution in [3.05, 3.63) is 16.0 Å². The number of carbonyl (C=O) groups is 2. The number of anilines is 1. The van der Waals surface area contributed by atoms with E-state index in [4.69, 9.17) is 4.74 Å². The molecule has 0 saturated heterocycles. The Morgan fingerprint density at radius 2 is 2.10 bits per heavy atom. The van der Waals surface area contributed by atoms with E-state index in [1.54, 1.807) is 13.8 Å². The Morgan fingerprint density at radius 1 is 1.40 bits per heavy atom. The molecule has 1 unspecified atom stereocenters. The van der Waals surface area contributed by atoms with E-state index in [-0.39, 0.29) is 16.7 Å². The molecule has 1 amide bonds.